The third-order valence-electron chi connectivity index (χ3n) is 4.43. The SMILES string of the molecule is CCOC1(C(N)c2cc(OC)cc(OC)c2)CCCCC1. The van der Waals surface area contributed by atoms with Crippen molar-refractivity contribution in [2.75, 3.05) is 20.8 Å². The van der Waals surface area contributed by atoms with Crippen LogP contribution in [0.2, 0.25) is 0 Å². The van der Waals surface area contributed by atoms with Crippen molar-refractivity contribution in [3.05, 3.63) is 23.8 Å². The Morgan fingerprint density at radius 1 is 1.05 bits per heavy atom. The van der Waals surface area contributed by atoms with Crippen molar-refractivity contribution in [1.82, 2.24) is 0 Å². The summed E-state index contributed by atoms with van der Waals surface area (Å²) >= 11 is 0. The summed E-state index contributed by atoms with van der Waals surface area (Å²) in [6.07, 6.45) is 5.65. The van der Waals surface area contributed by atoms with Crippen molar-refractivity contribution in [3.8, 4) is 11.5 Å². The molecule has 1 unspecified atom stereocenters. The molecule has 1 aliphatic carbocycles. The molecule has 4 heteroatoms. The third-order valence-corrected chi connectivity index (χ3v) is 4.43. The molecular formula is C17H27NO3. The largest absolute Gasteiger partial charge is 0.497 e. The topological polar surface area (TPSA) is 53.7 Å². The van der Waals surface area contributed by atoms with Crippen LogP contribution in [-0.4, -0.2) is 26.4 Å². The zero-order chi connectivity index (χ0) is 15.3. The molecule has 0 heterocycles. The fourth-order valence-corrected chi connectivity index (χ4v) is 3.30. The summed E-state index contributed by atoms with van der Waals surface area (Å²) in [5.41, 5.74) is 7.36. The minimum absolute atomic E-state index is 0.165. The summed E-state index contributed by atoms with van der Waals surface area (Å²) in [6, 6.07) is 5.68. The van der Waals surface area contributed by atoms with E-state index in [-0.39, 0.29) is 11.6 Å². The van der Waals surface area contributed by atoms with E-state index >= 15 is 0 Å². The Morgan fingerprint density at radius 2 is 1.62 bits per heavy atom. The molecule has 0 aliphatic heterocycles. The Labute approximate surface area is 127 Å². The standard InChI is InChI=1S/C17H27NO3/c1-4-21-17(8-6-5-7-9-17)16(18)13-10-14(19-2)12-15(11-13)20-3/h10-12,16H,4-9,18H2,1-3H3. The monoisotopic (exact) mass is 293 g/mol. The molecule has 1 fully saturated rings. The van der Waals surface area contributed by atoms with Crippen LogP contribution in [0.15, 0.2) is 18.2 Å². The highest BCUT2D eigenvalue weighted by Crippen LogP contribution is 2.41. The summed E-state index contributed by atoms with van der Waals surface area (Å²) in [5.74, 6) is 1.53. The number of nitrogens with two attached hydrogens (primary N) is 1. The Kier molecular flexibility index (Phi) is 5.48. The number of ether oxygens (including phenoxy) is 3. The van der Waals surface area contributed by atoms with Crippen LogP contribution in [0.1, 0.15) is 50.6 Å². The Hall–Kier alpha value is -1.26. The zero-order valence-corrected chi connectivity index (χ0v) is 13.4. The summed E-state index contributed by atoms with van der Waals surface area (Å²) in [4.78, 5) is 0. The molecule has 1 aromatic rings. The molecule has 0 amide bonds. The van der Waals surface area contributed by atoms with E-state index in [0.29, 0.717) is 6.61 Å². The van der Waals surface area contributed by atoms with Crippen LogP contribution in [0.4, 0.5) is 0 Å². The molecule has 1 atom stereocenters. The highest BCUT2D eigenvalue weighted by Gasteiger charge is 2.39. The maximum Gasteiger partial charge on any atom is 0.122 e. The van der Waals surface area contributed by atoms with Crippen LogP contribution in [0.25, 0.3) is 0 Å². The fourth-order valence-electron chi connectivity index (χ4n) is 3.30. The average molecular weight is 293 g/mol. The average Bonchev–Trinajstić information content (AvgIpc) is 2.54. The molecular weight excluding hydrogens is 266 g/mol. The Bertz CT molecular complexity index is 428. The first-order chi connectivity index (χ1) is 10.1. The van der Waals surface area contributed by atoms with Crippen LogP contribution in [0, 0.1) is 0 Å². The van der Waals surface area contributed by atoms with Gasteiger partial charge in [-0.3, -0.25) is 0 Å². The quantitative estimate of drug-likeness (QED) is 0.873. The van der Waals surface area contributed by atoms with Gasteiger partial charge < -0.3 is 19.9 Å². The molecule has 118 valence electrons. The highest BCUT2D eigenvalue weighted by atomic mass is 16.5. The number of methoxy groups -OCH3 is 2. The third kappa shape index (κ3) is 3.50. The fraction of sp³-hybridized carbons (Fsp3) is 0.647. The van der Waals surface area contributed by atoms with E-state index < -0.39 is 0 Å². The molecule has 4 nitrogen and oxygen atoms in total. The predicted molar refractivity (Wildman–Crippen MR) is 83.9 cm³/mol. The van der Waals surface area contributed by atoms with Gasteiger partial charge in [-0.15, -0.1) is 0 Å². The van der Waals surface area contributed by atoms with Gasteiger partial charge in [0.2, 0.25) is 0 Å². The first kappa shape index (κ1) is 16.1. The van der Waals surface area contributed by atoms with E-state index in [9.17, 15) is 0 Å². The molecule has 0 spiro atoms. The second-order valence-corrected chi connectivity index (χ2v) is 5.68. The molecule has 0 saturated heterocycles. The number of hydrogen-bond acceptors (Lipinski definition) is 4. The van der Waals surface area contributed by atoms with Crippen molar-refractivity contribution in [2.45, 2.75) is 50.7 Å². The van der Waals surface area contributed by atoms with Crippen molar-refractivity contribution < 1.29 is 14.2 Å². The van der Waals surface area contributed by atoms with E-state index in [1.165, 1.54) is 19.3 Å². The van der Waals surface area contributed by atoms with Gasteiger partial charge in [-0.25, -0.2) is 0 Å². The van der Waals surface area contributed by atoms with Gasteiger partial charge in [-0.2, -0.15) is 0 Å². The lowest BCUT2D eigenvalue weighted by Crippen LogP contribution is -2.45. The van der Waals surface area contributed by atoms with Gasteiger partial charge in [0.15, 0.2) is 0 Å². The molecule has 0 bridgehead atoms. The van der Waals surface area contributed by atoms with Crippen LogP contribution in [0.5, 0.6) is 11.5 Å². The lowest BCUT2D eigenvalue weighted by atomic mass is 9.77. The van der Waals surface area contributed by atoms with Gasteiger partial charge in [-0.1, -0.05) is 19.3 Å². The maximum atomic E-state index is 6.60. The van der Waals surface area contributed by atoms with Crippen molar-refractivity contribution >= 4 is 0 Å². The lowest BCUT2D eigenvalue weighted by Gasteiger charge is -2.42. The summed E-state index contributed by atoms with van der Waals surface area (Å²) in [6.45, 7) is 2.73. The van der Waals surface area contributed by atoms with Gasteiger partial charge in [0.05, 0.1) is 25.9 Å². The number of rotatable bonds is 6. The highest BCUT2D eigenvalue weighted by molar-refractivity contribution is 5.40. The molecule has 0 radical (unpaired) electrons. The van der Waals surface area contributed by atoms with E-state index in [1.54, 1.807) is 14.2 Å². The maximum absolute atomic E-state index is 6.60. The zero-order valence-electron chi connectivity index (χ0n) is 13.4. The molecule has 2 N–H and O–H groups in total. The van der Waals surface area contributed by atoms with E-state index in [4.69, 9.17) is 19.9 Å². The molecule has 2 rings (SSSR count). The normalized spacial score (nSPS) is 19.0. The number of hydrogen-bond donors (Lipinski definition) is 1. The summed E-state index contributed by atoms with van der Waals surface area (Å²) < 4.78 is 16.8. The molecule has 1 aliphatic rings. The van der Waals surface area contributed by atoms with E-state index in [1.807, 2.05) is 25.1 Å². The minimum Gasteiger partial charge on any atom is -0.497 e. The predicted octanol–water partition coefficient (Wildman–Crippen LogP) is 3.44. The first-order valence-corrected chi connectivity index (χ1v) is 7.77. The molecule has 0 aromatic heterocycles. The molecule has 1 saturated carbocycles. The molecule has 21 heavy (non-hydrogen) atoms. The lowest BCUT2D eigenvalue weighted by molar-refractivity contribution is -0.0831. The Balaban J connectivity index is 2.33. The van der Waals surface area contributed by atoms with Crippen LogP contribution in [-0.2, 0) is 4.74 Å². The van der Waals surface area contributed by atoms with E-state index in [0.717, 1.165) is 29.9 Å². The second kappa shape index (κ2) is 7.14. The second-order valence-electron chi connectivity index (χ2n) is 5.68. The van der Waals surface area contributed by atoms with E-state index in [2.05, 4.69) is 0 Å². The van der Waals surface area contributed by atoms with Gasteiger partial charge in [0, 0.05) is 12.7 Å². The van der Waals surface area contributed by atoms with Crippen molar-refractivity contribution in [3.63, 3.8) is 0 Å². The van der Waals surface area contributed by atoms with Gasteiger partial charge in [-0.05, 0) is 37.5 Å². The summed E-state index contributed by atoms with van der Waals surface area (Å²) in [5, 5.41) is 0. The van der Waals surface area contributed by atoms with Crippen LogP contribution in [0.3, 0.4) is 0 Å². The first-order valence-electron chi connectivity index (χ1n) is 7.77. The Morgan fingerprint density at radius 3 is 2.10 bits per heavy atom. The van der Waals surface area contributed by atoms with Crippen molar-refractivity contribution in [2.24, 2.45) is 5.73 Å². The summed E-state index contributed by atoms with van der Waals surface area (Å²) in [7, 11) is 3.31. The van der Waals surface area contributed by atoms with Gasteiger partial charge in [0.1, 0.15) is 11.5 Å². The molecule has 1 aromatic carbocycles. The number of benzene rings is 1. The van der Waals surface area contributed by atoms with Crippen LogP contribution >= 0.6 is 0 Å². The van der Waals surface area contributed by atoms with Gasteiger partial charge in [0.25, 0.3) is 0 Å². The van der Waals surface area contributed by atoms with Crippen molar-refractivity contribution in [1.29, 1.82) is 0 Å². The van der Waals surface area contributed by atoms with Gasteiger partial charge >= 0.3 is 0 Å². The smallest absolute Gasteiger partial charge is 0.122 e. The minimum atomic E-state index is -0.260. The van der Waals surface area contributed by atoms with Crippen LogP contribution < -0.4 is 15.2 Å².